The number of rotatable bonds is 10. The van der Waals surface area contributed by atoms with Gasteiger partial charge in [-0.3, -0.25) is 14.5 Å². The molecule has 142 valence electrons. The molecule has 0 radical (unpaired) electrons. The Bertz CT molecular complexity index is 699. The van der Waals surface area contributed by atoms with E-state index in [0.29, 0.717) is 26.1 Å². The van der Waals surface area contributed by atoms with Crippen LogP contribution in [0.5, 0.6) is 0 Å². The van der Waals surface area contributed by atoms with Crippen molar-refractivity contribution in [1.29, 1.82) is 0 Å². The van der Waals surface area contributed by atoms with Gasteiger partial charge in [-0.25, -0.2) is 4.98 Å². The maximum absolute atomic E-state index is 12.3. The molecule has 2 rings (SSSR count). The molecule has 1 N–H and O–H groups in total. The van der Waals surface area contributed by atoms with Crippen molar-refractivity contribution in [3.8, 4) is 0 Å². The van der Waals surface area contributed by atoms with Crippen molar-refractivity contribution < 1.29 is 14.3 Å². The van der Waals surface area contributed by atoms with E-state index in [0.717, 1.165) is 21.6 Å². The zero-order valence-corrected chi connectivity index (χ0v) is 16.5. The monoisotopic (exact) mass is 377 g/mol. The van der Waals surface area contributed by atoms with Gasteiger partial charge in [0.25, 0.3) is 0 Å². The van der Waals surface area contributed by atoms with E-state index in [1.54, 1.807) is 25.2 Å². The zero-order valence-electron chi connectivity index (χ0n) is 15.7. The lowest BCUT2D eigenvalue weighted by Gasteiger charge is -2.26. The predicted molar refractivity (Wildman–Crippen MR) is 104 cm³/mol. The van der Waals surface area contributed by atoms with Crippen LogP contribution in [-0.2, 0) is 20.7 Å². The summed E-state index contributed by atoms with van der Waals surface area (Å²) in [6, 6.07) is 7.59. The van der Waals surface area contributed by atoms with Crippen molar-refractivity contribution in [1.82, 2.24) is 15.2 Å². The van der Waals surface area contributed by atoms with Crippen LogP contribution in [-0.4, -0.2) is 54.0 Å². The van der Waals surface area contributed by atoms with Crippen LogP contribution in [0.15, 0.2) is 24.3 Å². The Labute approximate surface area is 158 Å². The van der Waals surface area contributed by atoms with Crippen molar-refractivity contribution in [2.24, 2.45) is 0 Å². The van der Waals surface area contributed by atoms with E-state index >= 15 is 0 Å². The molecule has 1 amide bonds. The van der Waals surface area contributed by atoms with Gasteiger partial charge in [0.2, 0.25) is 5.91 Å². The van der Waals surface area contributed by atoms with Crippen molar-refractivity contribution >= 4 is 33.4 Å². The summed E-state index contributed by atoms with van der Waals surface area (Å²) in [6.07, 6.45) is 1.56. The Balaban J connectivity index is 1.82. The Kier molecular flexibility index (Phi) is 8.00. The van der Waals surface area contributed by atoms with E-state index in [-0.39, 0.29) is 18.4 Å². The number of nitrogens with zero attached hydrogens (tertiary/aromatic N) is 2. The summed E-state index contributed by atoms with van der Waals surface area (Å²) < 4.78 is 6.22. The summed E-state index contributed by atoms with van der Waals surface area (Å²) in [5, 5.41) is 3.94. The first kappa shape index (κ1) is 20.3. The third-order valence-corrected chi connectivity index (χ3v) is 5.13. The van der Waals surface area contributed by atoms with Crippen molar-refractivity contribution in [2.75, 3.05) is 26.2 Å². The van der Waals surface area contributed by atoms with Gasteiger partial charge in [-0.05, 0) is 38.9 Å². The summed E-state index contributed by atoms with van der Waals surface area (Å²) in [6.45, 7) is 7.32. The SMILES string of the molecule is CCCN(CC(=O)NCCc1nc2ccccc2s1)C(C)C(=O)OCC. The summed E-state index contributed by atoms with van der Waals surface area (Å²) in [5.41, 5.74) is 0.996. The van der Waals surface area contributed by atoms with Gasteiger partial charge >= 0.3 is 5.97 Å². The second kappa shape index (κ2) is 10.2. The maximum Gasteiger partial charge on any atom is 0.323 e. The number of thiazole rings is 1. The average Bonchev–Trinajstić information content (AvgIpc) is 3.03. The standard InChI is InChI=1S/C19H27N3O3S/c1-4-12-22(14(3)19(24)25-5-2)13-17(23)20-11-10-18-21-15-8-6-7-9-16(15)26-18/h6-9,14H,4-5,10-13H2,1-3H3,(H,20,23). The predicted octanol–water partition coefficient (Wildman–Crippen LogP) is 2.62. The van der Waals surface area contributed by atoms with E-state index < -0.39 is 6.04 Å². The normalized spacial score (nSPS) is 12.3. The van der Waals surface area contributed by atoms with Crippen molar-refractivity contribution in [3.63, 3.8) is 0 Å². The number of benzene rings is 1. The van der Waals surface area contributed by atoms with E-state index in [9.17, 15) is 9.59 Å². The van der Waals surface area contributed by atoms with Gasteiger partial charge in [-0.2, -0.15) is 0 Å². The Morgan fingerprint density at radius 2 is 2.08 bits per heavy atom. The molecule has 0 spiro atoms. The fraction of sp³-hybridized carbons (Fsp3) is 0.526. The molecule has 1 unspecified atom stereocenters. The molecule has 1 heterocycles. The molecule has 0 aliphatic heterocycles. The Hall–Kier alpha value is -1.99. The van der Waals surface area contributed by atoms with Crippen LogP contribution in [0.1, 0.15) is 32.2 Å². The Morgan fingerprint density at radius 3 is 2.77 bits per heavy atom. The average molecular weight is 378 g/mol. The topological polar surface area (TPSA) is 71.5 Å². The van der Waals surface area contributed by atoms with Crippen LogP contribution in [0, 0.1) is 0 Å². The molecular formula is C19H27N3O3S. The second-order valence-corrected chi connectivity index (χ2v) is 7.19. The number of aromatic nitrogens is 1. The van der Waals surface area contributed by atoms with Crippen molar-refractivity contribution in [2.45, 2.75) is 39.7 Å². The van der Waals surface area contributed by atoms with Gasteiger partial charge in [-0.15, -0.1) is 11.3 Å². The molecule has 1 aromatic heterocycles. The number of amides is 1. The number of hydrogen-bond acceptors (Lipinski definition) is 6. The van der Waals surface area contributed by atoms with Crippen LogP contribution in [0.25, 0.3) is 10.2 Å². The summed E-state index contributed by atoms with van der Waals surface area (Å²) in [4.78, 5) is 30.6. The van der Waals surface area contributed by atoms with Gasteiger partial charge in [0.1, 0.15) is 6.04 Å². The smallest absolute Gasteiger partial charge is 0.323 e. The minimum absolute atomic E-state index is 0.0873. The molecule has 1 atom stereocenters. The molecule has 1 aromatic carbocycles. The fourth-order valence-electron chi connectivity index (χ4n) is 2.68. The van der Waals surface area contributed by atoms with Crippen LogP contribution >= 0.6 is 11.3 Å². The second-order valence-electron chi connectivity index (χ2n) is 6.07. The van der Waals surface area contributed by atoms with Gasteiger partial charge in [0, 0.05) is 13.0 Å². The van der Waals surface area contributed by atoms with Crippen LogP contribution in [0.3, 0.4) is 0 Å². The minimum atomic E-state index is -0.426. The summed E-state index contributed by atoms with van der Waals surface area (Å²) in [7, 11) is 0. The summed E-state index contributed by atoms with van der Waals surface area (Å²) >= 11 is 1.65. The fourth-order valence-corrected chi connectivity index (χ4v) is 3.65. The highest BCUT2D eigenvalue weighted by Crippen LogP contribution is 2.21. The number of para-hydroxylation sites is 1. The Morgan fingerprint density at radius 1 is 1.31 bits per heavy atom. The van der Waals surface area contributed by atoms with Crippen LogP contribution < -0.4 is 5.32 Å². The molecule has 0 bridgehead atoms. The largest absolute Gasteiger partial charge is 0.465 e. The lowest BCUT2D eigenvalue weighted by Crippen LogP contribution is -2.46. The third-order valence-electron chi connectivity index (χ3n) is 4.03. The number of ether oxygens (including phenoxy) is 1. The number of carbonyl (C=O) groups excluding carboxylic acids is 2. The van der Waals surface area contributed by atoms with Gasteiger partial charge < -0.3 is 10.1 Å². The first-order valence-electron chi connectivity index (χ1n) is 9.07. The summed E-state index contributed by atoms with van der Waals surface area (Å²) in [5.74, 6) is -0.376. The first-order chi connectivity index (χ1) is 12.5. The number of carbonyl (C=O) groups is 2. The van der Waals surface area contributed by atoms with E-state index in [1.807, 2.05) is 30.0 Å². The van der Waals surface area contributed by atoms with E-state index in [4.69, 9.17) is 4.74 Å². The molecule has 0 saturated carbocycles. The van der Waals surface area contributed by atoms with Crippen molar-refractivity contribution in [3.05, 3.63) is 29.3 Å². The van der Waals surface area contributed by atoms with Gasteiger partial charge in [-0.1, -0.05) is 19.1 Å². The number of esters is 1. The molecular weight excluding hydrogens is 350 g/mol. The van der Waals surface area contributed by atoms with Gasteiger partial charge in [0.15, 0.2) is 0 Å². The number of hydrogen-bond donors (Lipinski definition) is 1. The lowest BCUT2D eigenvalue weighted by molar-refractivity contribution is -0.149. The van der Waals surface area contributed by atoms with Crippen LogP contribution in [0.4, 0.5) is 0 Å². The highest BCUT2D eigenvalue weighted by molar-refractivity contribution is 7.18. The molecule has 2 aromatic rings. The molecule has 0 aliphatic rings. The van der Waals surface area contributed by atoms with Crippen LogP contribution in [0.2, 0.25) is 0 Å². The zero-order chi connectivity index (χ0) is 18.9. The highest BCUT2D eigenvalue weighted by atomic mass is 32.1. The molecule has 0 fully saturated rings. The minimum Gasteiger partial charge on any atom is -0.465 e. The molecule has 6 nitrogen and oxygen atoms in total. The molecule has 26 heavy (non-hydrogen) atoms. The third kappa shape index (κ3) is 5.78. The first-order valence-corrected chi connectivity index (χ1v) is 9.88. The lowest BCUT2D eigenvalue weighted by atomic mass is 10.2. The van der Waals surface area contributed by atoms with Gasteiger partial charge in [0.05, 0.1) is 28.4 Å². The quantitative estimate of drug-likeness (QED) is 0.645. The van der Waals surface area contributed by atoms with E-state index in [1.165, 1.54) is 0 Å². The number of fused-ring (bicyclic) bond motifs is 1. The molecule has 7 heteroatoms. The molecule has 0 aliphatic carbocycles. The number of nitrogens with one attached hydrogen (secondary N) is 1. The maximum atomic E-state index is 12.3. The molecule has 0 saturated heterocycles. The van der Waals surface area contributed by atoms with E-state index in [2.05, 4.69) is 16.4 Å². The highest BCUT2D eigenvalue weighted by Gasteiger charge is 2.23.